The fraction of sp³-hybridized carbons (Fsp3) is 0.474. The molecule has 0 spiro atoms. The Hall–Kier alpha value is -2.39. The topological polar surface area (TPSA) is 88.9 Å². The molecule has 2 heterocycles. The zero-order chi connectivity index (χ0) is 20.1. The van der Waals surface area contributed by atoms with E-state index in [1.165, 1.54) is 0 Å². The van der Waals surface area contributed by atoms with Crippen molar-refractivity contribution in [2.45, 2.75) is 13.8 Å². The highest BCUT2D eigenvalue weighted by Gasteiger charge is 2.26. The van der Waals surface area contributed by atoms with Crippen LogP contribution in [0.15, 0.2) is 46.0 Å². The number of aromatic nitrogens is 2. The number of carbonyl (C=O) groups excluding carboxylic acids is 1. The standard InChI is InChI=1S/C19H25N5O3S/c1-19(2,14-28-17(25)15-7-5-4-6-8-15)18(26)20-16-13-24(21-27-16)23-11-9-22(3)10-12-23/h4-8,13H,9-12,14H2,1-3H3. The molecule has 0 radical (unpaired) electrons. The smallest absolute Gasteiger partial charge is 0.324 e. The minimum absolute atomic E-state index is 0.0611. The van der Waals surface area contributed by atoms with Crippen LogP contribution in [0.25, 0.3) is 0 Å². The largest absolute Gasteiger partial charge is 0.861 e. The van der Waals surface area contributed by atoms with Crippen LogP contribution < -0.4 is 14.9 Å². The molecule has 1 aliphatic rings. The number of hydrogen-bond acceptors (Lipinski definition) is 8. The summed E-state index contributed by atoms with van der Waals surface area (Å²) in [7, 11) is 2.08. The summed E-state index contributed by atoms with van der Waals surface area (Å²) in [6, 6.07) is 9.03. The number of benzene rings is 1. The van der Waals surface area contributed by atoms with Crippen LogP contribution in [0.1, 0.15) is 24.2 Å². The van der Waals surface area contributed by atoms with E-state index < -0.39 is 5.41 Å². The van der Waals surface area contributed by atoms with Gasteiger partial charge in [-0.1, -0.05) is 55.9 Å². The van der Waals surface area contributed by atoms with Gasteiger partial charge in [-0.15, -0.1) is 0 Å². The molecular formula is C19H25N5O3S. The monoisotopic (exact) mass is 403 g/mol. The minimum Gasteiger partial charge on any atom is -0.861 e. The number of carbonyl (C=O) groups is 1. The minimum atomic E-state index is -0.805. The maximum absolute atomic E-state index is 12.6. The molecule has 0 saturated carbocycles. The average Bonchev–Trinajstić information content (AvgIpc) is 3.16. The second-order valence-electron chi connectivity index (χ2n) is 7.46. The van der Waals surface area contributed by atoms with Crippen molar-refractivity contribution in [1.82, 2.24) is 10.2 Å². The van der Waals surface area contributed by atoms with Gasteiger partial charge in [0, 0.05) is 29.8 Å². The number of aliphatic imine (C=N–C) groups is 1. The second-order valence-corrected chi connectivity index (χ2v) is 8.41. The van der Waals surface area contributed by atoms with Gasteiger partial charge in [0.1, 0.15) is 0 Å². The van der Waals surface area contributed by atoms with E-state index in [0.717, 1.165) is 37.9 Å². The summed E-state index contributed by atoms with van der Waals surface area (Å²) in [4.78, 5) is 20.2. The van der Waals surface area contributed by atoms with Crippen molar-refractivity contribution in [3.8, 4) is 0 Å². The number of hydrogen-bond donors (Lipinski definition) is 0. The predicted octanol–water partition coefficient (Wildman–Crippen LogP) is 0.836. The summed E-state index contributed by atoms with van der Waals surface area (Å²) < 4.78 is 5.20. The first kappa shape index (κ1) is 20.3. The first-order valence-corrected chi connectivity index (χ1v) is 10.1. The van der Waals surface area contributed by atoms with Crippen LogP contribution >= 0.6 is 11.8 Å². The Morgan fingerprint density at radius 3 is 2.64 bits per heavy atom. The third-order valence-electron chi connectivity index (χ3n) is 4.58. The molecule has 1 fully saturated rings. The Labute approximate surface area is 168 Å². The summed E-state index contributed by atoms with van der Waals surface area (Å²) in [6.07, 6.45) is 1.61. The van der Waals surface area contributed by atoms with Gasteiger partial charge in [0.05, 0.1) is 17.9 Å². The number of nitrogens with zero attached hydrogens (tertiary/aromatic N) is 5. The van der Waals surface area contributed by atoms with Crippen LogP contribution in [-0.4, -0.2) is 60.2 Å². The molecule has 0 amide bonds. The van der Waals surface area contributed by atoms with Crippen LogP contribution in [0.2, 0.25) is 0 Å². The molecule has 0 unspecified atom stereocenters. The summed E-state index contributed by atoms with van der Waals surface area (Å²) in [6.45, 7) is 7.07. The molecule has 1 aromatic carbocycles. The maximum Gasteiger partial charge on any atom is 0.324 e. The lowest BCUT2D eigenvalue weighted by Crippen LogP contribution is -2.64. The molecule has 150 valence electrons. The van der Waals surface area contributed by atoms with Crippen LogP contribution in [0, 0.1) is 5.41 Å². The third kappa shape index (κ3) is 5.11. The molecule has 0 bridgehead atoms. The van der Waals surface area contributed by atoms with Gasteiger partial charge in [-0.2, -0.15) is 5.01 Å². The lowest BCUT2D eigenvalue weighted by molar-refractivity contribution is -0.759. The first-order valence-electron chi connectivity index (χ1n) is 9.16. The Morgan fingerprint density at radius 2 is 1.96 bits per heavy atom. The summed E-state index contributed by atoms with van der Waals surface area (Å²) in [5.74, 6) is 0.147. The maximum atomic E-state index is 12.6. The van der Waals surface area contributed by atoms with E-state index in [0.29, 0.717) is 11.3 Å². The van der Waals surface area contributed by atoms with E-state index in [-0.39, 0.29) is 16.9 Å². The molecule has 0 atom stereocenters. The van der Waals surface area contributed by atoms with Gasteiger partial charge < -0.3 is 10.0 Å². The van der Waals surface area contributed by atoms with E-state index >= 15 is 0 Å². The molecular weight excluding hydrogens is 378 g/mol. The van der Waals surface area contributed by atoms with Gasteiger partial charge in [0.15, 0.2) is 0 Å². The molecule has 1 aromatic heterocycles. The van der Waals surface area contributed by atoms with Crippen LogP contribution in [0.5, 0.6) is 0 Å². The van der Waals surface area contributed by atoms with Crippen LogP contribution in [0.4, 0.5) is 5.88 Å². The number of piperazine rings is 1. The van der Waals surface area contributed by atoms with Gasteiger partial charge in [0.25, 0.3) is 6.20 Å². The Bertz CT molecular complexity index is 829. The molecule has 1 saturated heterocycles. The zero-order valence-corrected chi connectivity index (χ0v) is 17.2. The van der Waals surface area contributed by atoms with Crippen molar-refractivity contribution in [3.63, 3.8) is 0 Å². The van der Waals surface area contributed by atoms with Gasteiger partial charge in [-0.05, 0) is 12.9 Å². The molecule has 2 aromatic rings. The van der Waals surface area contributed by atoms with Gasteiger partial charge >= 0.3 is 5.88 Å². The molecule has 9 heteroatoms. The Kier molecular flexibility index (Phi) is 6.35. The lowest BCUT2D eigenvalue weighted by atomic mass is 9.96. The average molecular weight is 404 g/mol. The SMILES string of the molecule is CN1CCN([n+]2cc(N=C([O-])C(C)(C)CSC(=O)c3ccccc3)on2)CC1. The Balaban J connectivity index is 1.61. The second kappa shape index (κ2) is 8.74. The van der Waals surface area contributed by atoms with Crippen molar-refractivity contribution >= 4 is 28.7 Å². The molecule has 28 heavy (non-hydrogen) atoms. The highest BCUT2D eigenvalue weighted by molar-refractivity contribution is 8.14. The fourth-order valence-corrected chi connectivity index (χ4v) is 3.55. The fourth-order valence-electron chi connectivity index (χ4n) is 2.63. The van der Waals surface area contributed by atoms with Crippen molar-refractivity contribution in [2.24, 2.45) is 10.4 Å². The molecule has 1 aliphatic heterocycles. The lowest BCUT2D eigenvalue weighted by Gasteiger charge is -2.29. The normalized spacial score (nSPS) is 16.4. The zero-order valence-electron chi connectivity index (χ0n) is 16.4. The highest BCUT2D eigenvalue weighted by atomic mass is 32.2. The van der Waals surface area contributed by atoms with Gasteiger partial charge in [-0.3, -0.25) is 9.32 Å². The molecule has 8 nitrogen and oxygen atoms in total. The molecule has 3 rings (SSSR count). The van der Waals surface area contributed by atoms with E-state index in [9.17, 15) is 9.90 Å². The van der Waals surface area contributed by atoms with Crippen molar-refractivity contribution in [1.29, 1.82) is 0 Å². The van der Waals surface area contributed by atoms with E-state index in [1.54, 1.807) is 37.0 Å². The van der Waals surface area contributed by atoms with Crippen molar-refractivity contribution in [3.05, 3.63) is 42.1 Å². The van der Waals surface area contributed by atoms with Gasteiger partial charge in [-0.25, -0.2) is 4.99 Å². The number of rotatable bonds is 6. The number of likely N-dealkylation sites (N-methyl/N-ethyl adjacent to an activating group) is 1. The third-order valence-corrected chi connectivity index (χ3v) is 5.94. The first-order chi connectivity index (χ1) is 13.3. The van der Waals surface area contributed by atoms with Crippen molar-refractivity contribution < 1.29 is 19.2 Å². The molecule has 0 aliphatic carbocycles. The summed E-state index contributed by atoms with van der Waals surface area (Å²) >= 11 is 1.12. The van der Waals surface area contributed by atoms with E-state index in [1.807, 2.05) is 23.2 Å². The summed E-state index contributed by atoms with van der Waals surface area (Å²) in [5, 5.41) is 18.5. The van der Waals surface area contributed by atoms with Crippen molar-refractivity contribution in [2.75, 3.05) is 44.0 Å². The molecule has 0 N–H and O–H groups in total. The Morgan fingerprint density at radius 1 is 1.29 bits per heavy atom. The summed E-state index contributed by atoms with van der Waals surface area (Å²) in [5.41, 5.74) is -0.184. The van der Waals surface area contributed by atoms with E-state index in [4.69, 9.17) is 4.52 Å². The highest BCUT2D eigenvalue weighted by Crippen LogP contribution is 2.26. The van der Waals surface area contributed by atoms with E-state index in [2.05, 4.69) is 22.2 Å². The number of thioether (sulfide) groups is 1. The quantitative estimate of drug-likeness (QED) is 0.401. The van der Waals surface area contributed by atoms with Crippen LogP contribution in [0.3, 0.4) is 0 Å². The van der Waals surface area contributed by atoms with Crippen LogP contribution in [-0.2, 0) is 0 Å². The predicted molar refractivity (Wildman–Crippen MR) is 106 cm³/mol. The van der Waals surface area contributed by atoms with Gasteiger partial charge in [0.2, 0.25) is 10.4 Å².